The number of carbonyl (C=O) groups excluding carboxylic acids is 1. The molecule has 2 atom stereocenters. The highest BCUT2D eigenvalue weighted by molar-refractivity contribution is 8.13. The molecule has 0 aliphatic rings. The Morgan fingerprint density at radius 3 is 2.00 bits per heavy atom. The molecular weight excluding hydrogens is 360 g/mol. The van der Waals surface area contributed by atoms with Gasteiger partial charge in [-0.3, -0.25) is 4.79 Å². The molecule has 2 aromatic rings. The number of aliphatic hydroxyl groups is 1. The molecule has 26 heavy (non-hydrogen) atoms. The Bertz CT molecular complexity index is 711. The van der Waals surface area contributed by atoms with E-state index in [-0.39, 0.29) is 10.2 Å². The van der Waals surface area contributed by atoms with Crippen molar-refractivity contribution in [2.75, 3.05) is 0 Å². The third-order valence-corrected chi connectivity index (χ3v) is 10.3. The quantitative estimate of drug-likeness (QED) is 0.529. The van der Waals surface area contributed by atoms with Crippen LogP contribution in [0.3, 0.4) is 0 Å². The SMILES string of the molecule is CC(C)(C)[Si](C)(C)O[C@@H](c1ccccc1)[C@H](O)C(=O)Sc1ccccc1. The molecule has 0 saturated carbocycles. The van der Waals surface area contributed by atoms with Crippen molar-refractivity contribution in [3.05, 3.63) is 66.2 Å². The largest absolute Gasteiger partial charge is 0.407 e. The van der Waals surface area contributed by atoms with E-state index in [4.69, 9.17) is 4.43 Å². The Kier molecular flexibility index (Phi) is 6.85. The minimum Gasteiger partial charge on any atom is -0.407 e. The normalized spacial score (nSPS) is 14.7. The van der Waals surface area contributed by atoms with Crippen LogP contribution in [0.25, 0.3) is 0 Å². The number of hydrogen-bond acceptors (Lipinski definition) is 4. The fraction of sp³-hybridized carbons (Fsp3) is 0.381. The number of hydrogen-bond donors (Lipinski definition) is 1. The van der Waals surface area contributed by atoms with E-state index in [1.54, 1.807) is 0 Å². The summed E-state index contributed by atoms with van der Waals surface area (Å²) >= 11 is 1.05. The molecule has 0 amide bonds. The number of benzene rings is 2. The highest BCUT2D eigenvalue weighted by Gasteiger charge is 2.42. The van der Waals surface area contributed by atoms with Gasteiger partial charge in [0.1, 0.15) is 6.10 Å². The lowest BCUT2D eigenvalue weighted by molar-refractivity contribution is -0.123. The van der Waals surface area contributed by atoms with Crippen LogP contribution in [0.15, 0.2) is 65.6 Å². The Labute approximate surface area is 161 Å². The maximum absolute atomic E-state index is 12.7. The number of rotatable bonds is 6. The Balaban J connectivity index is 2.27. The molecule has 5 heteroatoms. The molecule has 2 rings (SSSR count). The van der Waals surface area contributed by atoms with Gasteiger partial charge in [0.05, 0.1) is 0 Å². The lowest BCUT2D eigenvalue weighted by Crippen LogP contribution is -2.45. The van der Waals surface area contributed by atoms with Crippen LogP contribution in [0.5, 0.6) is 0 Å². The van der Waals surface area contributed by atoms with E-state index >= 15 is 0 Å². The summed E-state index contributed by atoms with van der Waals surface area (Å²) in [6.45, 7) is 10.7. The van der Waals surface area contributed by atoms with Crippen molar-refractivity contribution in [1.29, 1.82) is 0 Å². The maximum Gasteiger partial charge on any atom is 0.225 e. The van der Waals surface area contributed by atoms with Gasteiger partial charge in [-0.2, -0.15) is 0 Å². The summed E-state index contributed by atoms with van der Waals surface area (Å²) in [5.74, 6) is 0. The Hall–Kier alpha value is -1.40. The monoisotopic (exact) mass is 388 g/mol. The summed E-state index contributed by atoms with van der Waals surface area (Å²) in [5.41, 5.74) is 0.826. The average Bonchev–Trinajstić information content (AvgIpc) is 2.59. The van der Waals surface area contributed by atoms with Crippen LogP contribution < -0.4 is 0 Å². The van der Waals surface area contributed by atoms with Gasteiger partial charge in [-0.05, 0) is 47.6 Å². The fourth-order valence-corrected chi connectivity index (χ4v) is 4.26. The second-order valence-electron chi connectivity index (χ2n) is 7.89. The Morgan fingerprint density at radius 1 is 1.00 bits per heavy atom. The van der Waals surface area contributed by atoms with Gasteiger partial charge in [0, 0.05) is 4.90 Å². The third kappa shape index (κ3) is 5.30. The molecule has 0 saturated heterocycles. The first-order chi connectivity index (χ1) is 12.1. The van der Waals surface area contributed by atoms with E-state index in [0.29, 0.717) is 0 Å². The zero-order valence-electron chi connectivity index (χ0n) is 16.1. The zero-order chi connectivity index (χ0) is 19.4. The summed E-state index contributed by atoms with van der Waals surface area (Å²) in [6, 6.07) is 18.9. The van der Waals surface area contributed by atoms with Gasteiger partial charge in [0.25, 0.3) is 0 Å². The third-order valence-electron chi connectivity index (χ3n) is 4.85. The van der Waals surface area contributed by atoms with Crippen molar-refractivity contribution in [3.63, 3.8) is 0 Å². The van der Waals surface area contributed by atoms with Gasteiger partial charge < -0.3 is 9.53 Å². The molecule has 0 aromatic heterocycles. The van der Waals surface area contributed by atoms with Crippen LogP contribution in [0.1, 0.15) is 32.4 Å². The topological polar surface area (TPSA) is 46.5 Å². The van der Waals surface area contributed by atoms with Crippen molar-refractivity contribution >= 4 is 25.2 Å². The van der Waals surface area contributed by atoms with Crippen molar-refractivity contribution in [2.45, 2.75) is 56.0 Å². The van der Waals surface area contributed by atoms with Crippen molar-refractivity contribution in [2.24, 2.45) is 0 Å². The van der Waals surface area contributed by atoms with E-state index in [1.807, 2.05) is 60.7 Å². The molecule has 0 spiro atoms. The predicted octanol–water partition coefficient (Wildman–Crippen LogP) is 5.43. The van der Waals surface area contributed by atoms with Gasteiger partial charge in [0.2, 0.25) is 5.12 Å². The van der Waals surface area contributed by atoms with Crippen LogP contribution >= 0.6 is 11.8 Å². The first-order valence-electron chi connectivity index (χ1n) is 8.79. The maximum atomic E-state index is 12.7. The van der Waals surface area contributed by atoms with Crippen molar-refractivity contribution < 1.29 is 14.3 Å². The van der Waals surface area contributed by atoms with Crippen molar-refractivity contribution in [1.82, 2.24) is 0 Å². The van der Waals surface area contributed by atoms with Crippen LogP contribution in [0.2, 0.25) is 18.1 Å². The summed E-state index contributed by atoms with van der Waals surface area (Å²) in [4.78, 5) is 13.5. The highest BCUT2D eigenvalue weighted by atomic mass is 32.2. The van der Waals surface area contributed by atoms with Crippen molar-refractivity contribution in [3.8, 4) is 0 Å². The zero-order valence-corrected chi connectivity index (χ0v) is 17.9. The van der Waals surface area contributed by atoms with Gasteiger partial charge in [0.15, 0.2) is 14.4 Å². The molecule has 0 unspecified atom stereocenters. The summed E-state index contributed by atoms with van der Waals surface area (Å²) in [7, 11) is -2.17. The Morgan fingerprint density at radius 2 is 1.50 bits per heavy atom. The minimum atomic E-state index is -2.17. The predicted molar refractivity (Wildman–Crippen MR) is 111 cm³/mol. The minimum absolute atomic E-state index is 0.0185. The van der Waals surface area contributed by atoms with Crippen LogP contribution in [-0.2, 0) is 9.22 Å². The fourth-order valence-electron chi connectivity index (χ4n) is 2.24. The van der Waals surface area contributed by atoms with E-state index in [1.165, 1.54) is 0 Å². The first kappa shape index (κ1) is 20.9. The highest BCUT2D eigenvalue weighted by Crippen LogP contribution is 2.41. The van der Waals surface area contributed by atoms with Crippen LogP contribution in [0.4, 0.5) is 0 Å². The van der Waals surface area contributed by atoms with E-state index < -0.39 is 20.5 Å². The van der Waals surface area contributed by atoms with Gasteiger partial charge >= 0.3 is 0 Å². The molecule has 0 aliphatic heterocycles. The first-order valence-corrected chi connectivity index (χ1v) is 12.5. The second kappa shape index (κ2) is 8.52. The van der Waals surface area contributed by atoms with Crippen LogP contribution in [0, 0.1) is 0 Å². The lowest BCUT2D eigenvalue weighted by atomic mass is 10.1. The standard InChI is InChI=1S/C21H28O3SSi/c1-21(2,3)26(4,5)24-19(16-12-8-6-9-13-16)18(22)20(23)25-17-14-10-7-11-15-17/h6-15,18-19,22H,1-5H3/t18-,19-/m0/s1. The lowest BCUT2D eigenvalue weighted by Gasteiger charge is -2.40. The molecule has 0 bridgehead atoms. The number of aliphatic hydroxyl groups excluding tert-OH is 1. The molecule has 0 fully saturated rings. The van der Waals surface area contributed by atoms with Gasteiger partial charge in [-0.1, -0.05) is 69.3 Å². The summed E-state index contributed by atoms with van der Waals surface area (Å²) in [6.07, 6.45) is -1.89. The van der Waals surface area contributed by atoms with Gasteiger partial charge in [-0.25, -0.2) is 0 Å². The number of thioether (sulfide) groups is 1. The van der Waals surface area contributed by atoms with E-state index in [0.717, 1.165) is 22.2 Å². The molecule has 140 valence electrons. The van der Waals surface area contributed by atoms with Gasteiger partial charge in [-0.15, -0.1) is 0 Å². The van der Waals surface area contributed by atoms with Crippen LogP contribution in [-0.4, -0.2) is 24.6 Å². The summed E-state index contributed by atoms with van der Waals surface area (Å²) in [5, 5.41) is 10.5. The molecule has 3 nitrogen and oxygen atoms in total. The number of carbonyl (C=O) groups is 1. The van der Waals surface area contributed by atoms with E-state index in [2.05, 4.69) is 33.9 Å². The molecule has 1 N–H and O–H groups in total. The summed E-state index contributed by atoms with van der Waals surface area (Å²) < 4.78 is 6.46. The smallest absolute Gasteiger partial charge is 0.225 e. The molecule has 0 radical (unpaired) electrons. The second-order valence-corrected chi connectivity index (χ2v) is 13.7. The molecule has 0 aliphatic carbocycles. The molecule has 0 heterocycles. The average molecular weight is 389 g/mol. The van der Waals surface area contributed by atoms with E-state index in [9.17, 15) is 9.90 Å². The molecular formula is C21H28O3SSi. The molecule has 2 aromatic carbocycles.